The maximum Gasteiger partial charge on any atom is 0.120 e. The highest BCUT2D eigenvalue weighted by molar-refractivity contribution is 5.33. The van der Waals surface area contributed by atoms with Crippen molar-refractivity contribution in [2.24, 2.45) is 0 Å². The molecular formula is C20H23NO3. The Morgan fingerprint density at radius 3 is 2.54 bits per heavy atom. The number of aliphatic hydroxyl groups is 1. The van der Waals surface area contributed by atoms with Gasteiger partial charge in [-0.3, -0.25) is 0 Å². The van der Waals surface area contributed by atoms with Crippen molar-refractivity contribution in [3.63, 3.8) is 0 Å². The molecule has 2 aliphatic rings. The molecule has 126 valence electrons. The molecule has 4 heteroatoms. The molecule has 2 aromatic carbocycles. The number of hydrogen-bond donors (Lipinski definition) is 2. The van der Waals surface area contributed by atoms with Crippen molar-refractivity contribution in [2.75, 3.05) is 13.2 Å². The third-order valence-electron chi connectivity index (χ3n) is 4.90. The zero-order valence-electron chi connectivity index (χ0n) is 13.7. The van der Waals surface area contributed by atoms with Crippen molar-refractivity contribution in [2.45, 2.75) is 37.1 Å². The molecule has 2 unspecified atom stereocenters. The van der Waals surface area contributed by atoms with Gasteiger partial charge in [0.05, 0.1) is 18.8 Å². The van der Waals surface area contributed by atoms with Crippen molar-refractivity contribution >= 4 is 0 Å². The predicted molar refractivity (Wildman–Crippen MR) is 91.9 cm³/mol. The van der Waals surface area contributed by atoms with Crippen LogP contribution in [0, 0.1) is 0 Å². The first-order valence-electron chi connectivity index (χ1n) is 8.55. The smallest absolute Gasteiger partial charge is 0.120 e. The van der Waals surface area contributed by atoms with E-state index in [1.165, 1.54) is 0 Å². The fourth-order valence-corrected chi connectivity index (χ4v) is 3.77. The zero-order chi connectivity index (χ0) is 16.4. The first-order valence-corrected chi connectivity index (χ1v) is 8.55. The van der Waals surface area contributed by atoms with E-state index < -0.39 is 5.60 Å². The molecule has 0 saturated carbocycles. The molecule has 2 N–H and O–H groups in total. The van der Waals surface area contributed by atoms with Crippen molar-refractivity contribution in [3.05, 3.63) is 65.7 Å². The van der Waals surface area contributed by atoms with Crippen LogP contribution in [0.3, 0.4) is 0 Å². The Labute approximate surface area is 142 Å². The molecule has 4 nitrogen and oxygen atoms in total. The van der Waals surface area contributed by atoms with E-state index in [0.29, 0.717) is 32.7 Å². The normalized spacial score (nSPS) is 29.2. The second-order valence-corrected chi connectivity index (χ2v) is 6.84. The number of rotatable bonds is 4. The van der Waals surface area contributed by atoms with E-state index in [-0.39, 0.29) is 12.1 Å². The lowest BCUT2D eigenvalue weighted by Gasteiger charge is -2.45. The molecule has 0 spiro atoms. The summed E-state index contributed by atoms with van der Waals surface area (Å²) in [6.07, 6.45) is 1.34. The minimum absolute atomic E-state index is 0.219. The summed E-state index contributed by atoms with van der Waals surface area (Å²) in [7, 11) is 0. The Bertz CT molecular complexity index is 676. The van der Waals surface area contributed by atoms with Crippen molar-refractivity contribution in [3.8, 4) is 5.75 Å². The SMILES string of the molecule is OC1(c2cccc(OCc3ccccc3)c2)CC2COCC(C1)N2. The minimum Gasteiger partial charge on any atom is -0.489 e. The second-order valence-electron chi connectivity index (χ2n) is 6.84. The van der Waals surface area contributed by atoms with Crippen molar-refractivity contribution < 1.29 is 14.6 Å². The lowest BCUT2D eigenvalue weighted by atomic mass is 9.78. The van der Waals surface area contributed by atoms with E-state index in [2.05, 4.69) is 5.32 Å². The van der Waals surface area contributed by atoms with E-state index in [9.17, 15) is 5.11 Å². The van der Waals surface area contributed by atoms with E-state index in [1.807, 2.05) is 54.6 Å². The van der Waals surface area contributed by atoms with Crippen LogP contribution in [0.1, 0.15) is 24.0 Å². The lowest BCUT2D eigenvalue weighted by Crippen LogP contribution is -2.58. The van der Waals surface area contributed by atoms with Crippen molar-refractivity contribution in [1.29, 1.82) is 0 Å². The number of benzene rings is 2. The maximum absolute atomic E-state index is 11.2. The van der Waals surface area contributed by atoms with Gasteiger partial charge in [-0.15, -0.1) is 0 Å². The lowest BCUT2D eigenvalue weighted by molar-refractivity contribution is -0.0803. The molecule has 2 aliphatic heterocycles. The molecule has 2 heterocycles. The van der Waals surface area contributed by atoms with Gasteiger partial charge in [0.2, 0.25) is 0 Å². The highest BCUT2D eigenvalue weighted by Crippen LogP contribution is 2.37. The van der Waals surface area contributed by atoms with Gasteiger partial charge in [-0.25, -0.2) is 0 Å². The third kappa shape index (κ3) is 3.31. The average molecular weight is 325 g/mol. The maximum atomic E-state index is 11.2. The number of ether oxygens (including phenoxy) is 2. The number of piperidine rings is 1. The van der Waals surface area contributed by atoms with Gasteiger partial charge in [0.1, 0.15) is 12.4 Å². The van der Waals surface area contributed by atoms with Crippen LogP contribution in [0.5, 0.6) is 5.75 Å². The fourth-order valence-electron chi connectivity index (χ4n) is 3.77. The number of nitrogens with one attached hydrogen (secondary N) is 1. The molecule has 2 atom stereocenters. The van der Waals surface area contributed by atoms with Crippen LogP contribution in [-0.4, -0.2) is 30.4 Å². The van der Waals surface area contributed by atoms with Crippen LogP contribution in [0.15, 0.2) is 54.6 Å². The van der Waals surface area contributed by atoms with Crippen molar-refractivity contribution in [1.82, 2.24) is 5.32 Å². The molecule has 24 heavy (non-hydrogen) atoms. The summed E-state index contributed by atoms with van der Waals surface area (Å²) >= 11 is 0. The number of morpholine rings is 1. The minimum atomic E-state index is -0.809. The van der Waals surface area contributed by atoms with Gasteiger partial charge in [0, 0.05) is 12.1 Å². The summed E-state index contributed by atoms with van der Waals surface area (Å²) in [5.41, 5.74) is 1.26. The van der Waals surface area contributed by atoms with Gasteiger partial charge in [0.25, 0.3) is 0 Å². The largest absolute Gasteiger partial charge is 0.489 e. The molecule has 2 aromatic rings. The van der Waals surface area contributed by atoms with Gasteiger partial charge in [0.15, 0.2) is 0 Å². The summed E-state index contributed by atoms with van der Waals surface area (Å²) in [6, 6.07) is 18.4. The first-order chi connectivity index (χ1) is 11.7. The Balaban J connectivity index is 1.49. The van der Waals surface area contributed by atoms with E-state index in [0.717, 1.165) is 16.9 Å². The highest BCUT2D eigenvalue weighted by atomic mass is 16.5. The summed E-state index contributed by atoms with van der Waals surface area (Å²) < 4.78 is 11.5. The highest BCUT2D eigenvalue weighted by Gasteiger charge is 2.42. The first kappa shape index (κ1) is 15.6. The molecule has 0 amide bonds. The van der Waals surface area contributed by atoms with E-state index in [4.69, 9.17) is 9.47 Å². The van der Waals surface area contributed by atoms with Crippen LogP contribution in [0.4, 0.5) is 0 Å². The zero-order valence-corrected chi connectivity index (χ0v) is 13.7. The van der Waals surface area contributed by atoms with Gasteiger partial charge in [-0.2, -0.15) is 0 Å². The topological polar surface area (TPSA) is 50.7 Å². The number of hydrogen-bond acceptors (Lipinski definition) is 4. The second kappa shape index (κ2) is 6.55. The van der Waals surface area contributed by atoms with E-state index in [1.54, 1.807) is 0 Å². The molecule has 0 aliphatic carbocycles. The van der Waals surface area contributed by atoms with Crippen LogP contribution >= 0.6 is 0 Å². The fraction of sp³-hybridized carbons (Fsp3) is 0.400. The monoisotopic (exact) mass is 325 g/mol. The van der Waals surface area contributed by atoms with Gasteiger partial charge < -0.3 is 19.9 Å². The summed E-state index contributed by atoms with van der Waals surface area (Å²) in [5, 5.41) is 14.7. The molecule has 2 saturated heterocycles. The molecule has 2 bridgehead atoms. The molecule has 0 radical (unpaired) electrons. The molecule has 4 rings (SSSR count). The summed E-state index contributed by atoms with van der Waals surface area (Å²) in [6.45, 7) is 1.87. The third-order valence-corrected chi connectivity index (χ3v) is 4.90. The molecule has 0 aromatic heterocycles. The molecular weight excluding hydrogens is 302 g/mol. The Morgan fingerprint density at radius 1 is 1.04 bits per heavy atom. The summed E-state index contributed by atoms with van der Waals surface area (Å²) in [5.74, 6) is 0.796. The predicted octanol–water partition coefficient (Wildman–Crippen LogP) is 2.60. The Morgan fingerprint density at radius 2 is 1.79 bits per heavy atom. The average Bonchev–Trinajstić information content (AvgIpc) is 2.61. The standard InChI is InChI=1S/C20H23NO3/c22-20(10-17-13-23-14-18(11-20)21-17)16-7-4-8-19(9-16)24-12-15-5-2-1-3-6-15/h1-9,17-18,21-22H,10-14H2. The Kier molecular flexibility index (Phi) is 4.27. The van der Waals surface area contributed by atoms with Gasteiger partial charge in [-0.05, 0) is 36.1 Å². The Hall–Kier alpha value is -1.88. The number of fused-ring (bicyclic) bond motifs is 2. The van der Waals surface area contributed by atoms with Crippen LogP contribution < -0.4 is 10.1 Å². The summed E-state index contributed by atoms with van der Waals surface area (Å²) in [4.78, 5) is 0. The van der Waals surface area contributed by atoms with Gasteiger partial charge >= 0.3 is 0 Å². The molecule has 2 fully saturated rings. The van der Waals surface area contributed by atoms with E-state index >= 15 is 0 Å². The van der Waals surface area contributed by atoms with Crippen LogP contribution in [0.2, 0.25) is 0 Å². The van der Waals surface area contributed by atoms with Gasteiger partial charge in [-0.1, -0.05) is 42.5 Å². The van der Waals surface area contributed by atoms with Crippen LogP contribution in [0.25, 0.3) is 0 Å². The van der Waals surface area contributed by atoms with Crippen LogP contribution in [-0.2, 0) is 16.9 Å². The quantitative estimate of drug-likeness (QED) is 0.907.